The largest absolute Gasteiger partial charge is 0.388 e. The zero-order valence-electron chi connectivity index (χ0n) is 8.74. The number of aliphatic hydroxyl groups is 1. The molecule has 0 aliphatic rings. The molecule has 82 valence electrons. The summed E-state index contributed by atoms with van der Waals surface area (Å²) in [4.78, 5) is 0. The van der Waals surface area contributed by atoms with Crippen LogP contribution in [0.2, 0.25) is 0 Å². The molecular weight excluding hydrogens is 231 g/mol. The zero-order chi connectivity index (χ0) is 11.4. The third-order valence-corrected chi connectivity index (χ3v) is 2.43. The summed E-state index contributed by atoms with van der Waals surface area (Å²) in [6, 6.07) is 7.54. The molecule has 15 heavy (non-hydrogen) atoms. The van der Waals surface area contributed by atoms with Gasteiger partial charge in [-0.1, -0.05) is 61.3 Å². The van der Waals surface area contributed by atoms with E-state index in [9.17, 15) is 5.11 Å². The highest BCUT2D eigenvalue weighted by molar-refractivity contribution is 6.57. The Kier molecular flexibility index (Phi) is 4.65. The van der Waals surface area contributed by atoms with Gasteiger partial charge in [-0.15, -0.1) is 0 Å². The molecule has 0 radical (unpaired) electrons. The first-order chi connectivity index (χ1) is 7.02. The van der Waals surface area contributed by atoms with E-state index in [-0.39, 0.29) is 10.4 Å². The minimum absolute atomic E-state index is 0.161. The standard InChI is InChI=1S/C12H14Cl2O/c1-8(2)12(15)10-6-4-3-5-9(10)7-11(13)14/h3-8,12,15H,1-2H3. The van der Waals surface area contributed by atoms with Crippen molar-refractivity contribution in [3.05, 3.63) is 39.9 Å². The summed E-state index contributed by atoms with van der Waals surface area (Å²) in [7, 11) is 0. The Morgan fingerprint density at radius 3 is 2.40 bits per heavy atom. The van der Waals surface area contributed by atoms with Crippen LogP contribution < -0.4 is 0 Å². The Morgan fingerprint density at radius 2 is 1.87 bits per heavy atom. The number of aliphatic hydroxyl groups excluding tert-OH is 1. The van der Waals surface area contributed by atoms with Crippen LogP contribution in [0.3, 0.4) is 0 Å². The van der Waals surface area contributed by atoms with Crippen molar-refractivity contribution in [3.8, 4) is 0 Å². The van der Waals surface area contributed by atoms with E-state index in [1.807, 2.05) is 38.1 Å². The van der Waals surface area contributed by atoms with Crippen LogP contribution in [0.5, 0.6) is 0 Å². The number of halogens is 2. The van der Waals surface area contributed by atoms with E-state index < -0.39 is 6.10 Å². The molecule has 0 saturated carbocycles. The molecule has 0 aliphatic heterocycles. The predicted octanol–water partition coefficient (Wildman–Crippen LogP) is 4.15. The van der Waals surface area contributed by atoms with Crippen LogP contribution in [0.4, 0.5) is 0 Å². The fraction of sp³-hybridized carbons (Fsp3) is 0.333. The normalized spacial score (nSPS) is 12.7. The lowest BCUT2D eigenvalue weighted by Gasteiger charge is -2.17. The molecule has 0 spiro atoms. The summed E-state index contributed by atoms with van der Waals surface area (Å²) >= 11 is 11.2. The maximum Gasteiger partial charge on any atom is 0.107 e. The molecule has 0 saturated heterocycles. The lowest BCUT2D eigenvalue weighted by molar-refractivity contribution is 0.126. The van der Waals surface area contributed by atoms with Gasteiger partial charge < -0.3 is 5.11 Å². The van der Waals surface area contributed by atoms with E-state index in [2.05, 4.69) is 0 Å². The zero-order valence-corrected chi connectivity index (χ0v) is 10.3. The van der Waals surface area contributed by atoms with E-state index >= 15 is 0 Å². The lowest BCUT2D eigenvalue weighted by Crippen LogP contribution is -2.06. The first-order valence-electron chi connectivity index (χ1n) is 4.82. The highest BCUT2D eigenvalue weighted by atomic mass is 35.5. The minimum Gasteiger partial charge on any atom is -0.388 e. The summed E-state index contributed by atoms with van der Waals surface area (Å²) in [5.74, 6) is 0.161. The number of hydrogen-bond donors (Lipinski definition) is 1. The Labute approximate surface area is 100 Å². The molecule has 0 bridgehead atoms. The molecule has 1 aromatic rings. The van der Waals surface area contributed by atoms with Crippen molar-refractivity contribution in [1.29, 1.82) is 0 Å². The molecule has 3 heteroatoms. The van der Waals surface area contributed by atoms with Crippen molar-refractivity contribution in [2.45, 2.75) is 20.0 Å². The van der Waals surface area contributed by atoms with Crippen molar-refractivity contribution < 1.29 is 5.11 Å². The predicted molar refractivity (Wildman–Crippen MR) is 65.9 cm³/mol. The number of rotatable bonds is 3. The Morgan fingerprint density at radius 1 is 1.27 bits per heavy atom. The van der Waals surface area contributed by atoms with E-state index in [4.69, 9.17) is 23.2 Å². The molecule has 0 aliphatic carbocycles. The first kappa shape index (κ1) is 12.6. The quantitative estimate of drug-likeness (QED) is 0.847. The van der Waals surface area contributed by atoms with Gasteiger partial charge in [0.15, 0.2) is 0 Å². The number of hydrogen-bond acceptors (Lipinski definition) is 1. The molecule has 0 aromatic heterocycles. The second-order valence-corrected chi connectivity index (χ2v) is 4.76. The highest BCUT2D eigenvalue weighted by Crippen LogP contribution is 2.27. The number of benzene rings is 1. The molecule has 1 N–H and O–H groups in total. The van der Waals surface area contributed by atoms with E-state index in [0.717, 1.165) is 11.1 Å². The summed E-state index contributed by atoms with van der Waals surface area (Å²) in [5, 5.41) is 9.98. The van der Waals surface area contributed by atoms with Gasteiger partial charge in [0.1, 0.15) is 4.49 Å². The second-order valence-electron chi connectivity index (χ2n) is 3.75. The van der Waals surface area contributed by atoms with Gasteiger partial charge in [-0.25, -0.2) is 0 Å². The Bertz CT molecular complexity index is 354. The summed E-state index contributed by atoms with van der Waals surface area (Å²) in [6.45, 7) is 3.93. The second kappa shape index (κ2) is 5.55. The van der Waals surface area contributed by atoms with E-state index in [1.165, 1.54) is 0 Å². The van der Waals surface area contributed by atoms with Gasteiger partial charge in [0.25, 0.3) is 0 Å². The summed E-state index contributed by atoms with van der Waals surface area (Å²) in [5.41, 5.74) is 1.71. The topological polar surface area (TPSA) is 20.2 Å². The van der Waals surface area contributed by atoms with Crippen molar-refractivity contribution in [3.63, 3.8) is 0 Å². The molecule has 1 aromatic carbocycles. The van der Waals surface area contributed by atoms with Gasteiger partial charge in [0.2, 0.25) is 0 Å². The molecule has 0 heterocycles. The molecule has 1 nitrogen and oxygen atoms in total. The lowest BCUT2D eigenvalue weighted by atomic mass is 9.95. The van der Waals surface area contributed by atoms with Gasteiger partial charge in [-0.05, 0) is 23.1 Å². The highest BCUT2D eigenvalue weighted by Gasteiger charge is 2.14. The molecule has 0 amide bonds. The Hall–Kier alpha value is -0.500. The fourth-order valence-corrected chi connectivity index (χ4v) is 1.62. The van der Waals surface area contributed by atoms with Crippen molar-refractivity contribution in [2.24, 2.45) is 5.92 Å². The summed E-state index contributed by atoms with van der Waals surface area (Å²) < 4.78 is 0.193. The van der Waals surface area contributed by atoms with Crippen LogP contribution in [-0.4, -0.2) is 5.11 Å². The third kappa shape index (κ3) is 3.53. The smallest absolute Gasteiger partial charge is 0.107 e. The van der Waals surface area contributed by atoms with Crippen LogP contribution in [-0.2, 0) is 0 Å². The maximum absolute atomic E-state index is 9.98. The summed E-state index contributed by atoms with van der Waals surface area (Å²) in [6.07, 6.45) is 1.15. The molecule has 1 atom stereocenters. The maximum atomic E-state index is 9.98. The molecule has 1 rings (SSSR count). The molecular formula is C12H14Cl2O. The SMILES string of the molecule is CC(C)C(O)c1ccccc1C=C(Cl)Cl. The van der Waals surface area contributed by atoms with E-state index in [0.29, 0.717) is 0 Å². The fourth-order valence-electron chi connectivity index (χ4n) is 1.39. The van der Waals surface area contributed by atoms with Gasteiger partial charge >= 0.3 is 0 Å². The van der Waals surface area contributed by atoms with Crippen LogP contribution in [0.25, 0.3) is 6.08 Å². The van der Waals surface area contributed by atoms with Gasteiger partial charge in [0, 0.05) is 0 Å². The van der Waals surface area contributed by atoms with Crippen molar-refractivity contribution >= 4 is 29.3 Å². The average Bonchev–Trinajstić information content (AvgIpc) is 2.16. The molecule has 0 fully saturated rings. The average molecular weight is 245 g/mol. The Balaban J connectivity index is 3.12. The van der Waals surface area contributed by atoms with Crippen molar-refractivity contribution in [2.75, 3.05) is 0 Å². The van der Waals surface area contributed by atoms with Crippen molar-refractivity contribution in [1.82, 2.24) is 0 Å². The van der Waals surface area contributed by atoms with E-state index in [1.54, 1.807) is 6.08 Å². The van der Waals surface area contributed by atoms with Gasteiger partial charge in [0.05, 0.1) is 6.10 Å². The van der Waals surface area contributed by atoms with Crippen LogP contribution in [0, 0.1) is 5.92 Å². The van der Waals surface area contributed by atoms with Crippen LogP contribution in [0.1, 0.15) is 31.1 Å². The van der Waals surface area contributed by atoms with Gasteiger partial charge in [-0.3, -0.25) is 0 Å². The molecule has 1 unspecified atom stereocenters. The minimum atomic E-state index is -0.495. The van der Waals surface area contributed by atoms with Crippen LogP contribution >= 0.6 is 23.2 Å². The van der Waals surface area contributed by atoms with Gasteiger partial charge in [-0.2, -0.15) is 0 Å². The van der Waals surface area contributed by atoms with Crippen LogP contribution in [0.15, 0.2) is 28.8 Å². The monoisotopic (exact) mass is 244 g/mol. The first-order valence-corrected chi connectivity index (χ1v) is 5.57. The third-order valence-electron chi connectivity index (χ3n) is 2.21.